The maximum Gasteiger partial charge on any atom is 0.106 e. The third kappa shape index (κ3) is 6.24. The second kappa shape index (κ2) is 12.5. The molecule has 6 atom stereocenters. The molecule has 7 nitrogen and oxygen atoms in total. The van der Waals surface area contributed by atoms with Crippen molar-refractivity contribution in [2.24, 2.45) is 35.5 Å². The second-order valence-corrected chi connectivity index (χ2v) is 12.2. The first kappa shape index (κ1) is 27.7. The van der Waals surface area contributed by atoms with E-state index >= 15 is 0 Å². The van der Waals surface area contributed by atoms with Crippen molar-refractivity contribution in [1.29, 1.82) is 0 Å². The molecule has 4 N–H and O–H groups in total. The van der Waals surface area contributed by atoms with Crippen LogP contribution >= 0.6 is 0 Å². The zero-order valence-corrected chi connectivity index (χ0v) is 21.8. The predicted octanol–water partition coefficient (Wildman–Crippen LogP) is 3.61. The van der Waals surface area contributed by atoms with E-state index in [0.29, 0.717) is 11.8 Å². The molecule has 0 amide bonds. The Kier molecular flexibility index (Phi) is 9.92. The summed E-state index contributed by atoms with van der Waals surface area (Å²) in [5, 5.41) is 40.8. The third-order valence-corrected chi connectivity index (χ3v) is 10.3. The first-order valence-corrected chi connectivity index (χ1v) is 14.4. The minimum absolute atomic E-state index is 0.00211. The first-order valence-electron chi connectivity index (χ1n) is 14.4. The SMILES string of the molecule is COCC(O)C1CC[C@](OOC2(C3CC3)CCC(CO)C(CO)CC2)(C2CCCC2)CC[C@H]1CO. The van der Waals surface area contributed by atoms with Gasteiger partial charge in [-0.25, -0.2) is 9.78 Å². The highest BCUT2D eigenvalue weighted by Gasteiger charge is 2.53. The number of aliphatic hydroxyl groups excluding tert-OH is 4. The van der Waals surface area contributed by atoms with Crippen LogP contribution < -0.4 is 0 Å². The Labute approximate surface area is 211 Å². The first-order chi connectivity index (χ1) is 17.0. The van der Waals surface area contributed by atoms with Gasteiger partial charge in [-0.3, -0.25) is 0 Å². The Morgan fingerprint density at radius 1 is 0.657 bits per heavy atom. The van der Waals surface area contributed by atoms with Crippen LogP contribution in [0, 0.1) is 35.5 Å². The van der Waals surface area contributed by atoms with E-state index in [2.05, 4.69) is 0 Å². The molecule has 4 aliphatic rings. The molecule has 0 aromatic heterocycles. The lowest BCUT2D eigenvalue weighted by Gasteiger charge is -2.42. The lowest BCUT2D eigenvalue weighted by molar-refractivity contribution is -0.431. The minimum atomic E-state index is -0.581. The van der Waals surface area contributed by atoms with Crippen LogP contribution in [0.2, 0.25) is 0 Å². The van der Waals surface area contributed by atoms with E-state index in [0.717, 1.165) is 77.0 Å². The summed E-state index contributed by atoms with van der Waals surface area (Å²) in [5.41, 5.74) is -0.715. The highest BCUT2D eigenvalue weighted by Crippen LogP contribution is 2.53. The van der Waals surface area contributed by atoms with Gasteiger partial charge in [-0.2, -0.15) is 0 Å². The summed E-state index contributed by atoms with van der Waals surface area (Å²) in [5.74, 6) is 1.22. The van der Waals surface area contributed by atoms with Gasteiger partial charge in [0.05, 0.1) is 12.7 Å². The Morgan fingerprint density at radius 2 is 1.11 bits per heavy atom. The minimum Gasteiger partial charge on any atom is -0.396 e. The molecule has 0 aliphatic heterocycles. The number of aliphatic hydroxyl groups is 4. The van der Waals surface area contributed by atoms with Crippen LogP contribution in [-0.2, 0) is 14.5 Å². The van der Waals surface area contributed by atoms with Crippen molar-refractivity contribution in [3.05, 3.63) is 0 Å². The van der Waals surface area contributed by atoms with Crippen LogP contribution in [0.4, 0.5) is 0 Å². The van der Waals surface area contributed by atoms with Crippen molar-refractivity contribution in [3.63, 3.8) is 0 Å². The molecule has 7 heteroatoms. The zero-order chi connectivity index (χ0) is 24.9. The molecule has 204 valence electrons. The predicted molar refractivity (Wildman–Crippen MR) is 132 cm³/mol. The molecular weight excluding hydrogens is 448 g/mol. The van der Waals surface area contributed by atoms with E-state index in [1.165, 1.54) is 12.8 Å². The number of ether oxygens (including phenoxy) is 1. The summed E-state index contributed by atoms with van der Waals surface area (Å²) in [6, 6.07) is 0. The van der Waals surface area contributed by atoms with Gasteiger partial charge in [-0.15, -0.1) is 0 Å². The number of hydrogen-bond donors (Lipinski definition) is 4. The Balaban J connectivity index is 1.52. The Morgan fingerprint density at radius 3 is 1.57 bits per heavy atom. The molecule has 4 rings (SSSR count). The van der Waals surface area contributed by atoms with Crippen LogP contribution in [0.3, 0.4) is 0 Å². The van der Waals surface area contributed by atoms with E-state index in [-0.39, 0.29) is 61.3 Å². The normalized spacial score (nSPS) is 40.4. The van der Waals surface area contributed by atoms with E-state index in [9.17, 15) is 20.4 Å². The molecule has 0 bridgehead atoms. The molecule has 4 saturated carbocycles. The largest absolute Gasteiger partial charge is 0.396 e. The van der Waals surface area contributed by atoms with Crippen LogP contribution in [0.1, 0.15) is 89.9 Å². The maximum atomic E-state index is 10.8. The van der Waals surface area contributed by atoms with Gasteiger partial charge in [0.15, 0.2) is 0 Å². The number of methoxy groups -OCH3 is 1. The third-order valence-electron chi connectivity index (χ3n) is 10.3. The average Bonchev–Trinajstić information content (AvgIpc) is 3.65. The van der Waals surface area contributed by atoms with Crippen molar-refractivity contribution in [1.82, 2.24) is 0 Å². The fourth-order valence-corrected chi connectivity index (χ4v) is 7.73. The molecule has 4 unspecified atom stereocenters. The monoisotopic (exact) mass is 498 g/mol. The van der Waals surface area contributed by atoms with E-state index in [1.807, 2.05) is 0 Å². The molecule has 4 fully saturated rings. The summed E-state index contributed by atoms with van der Waals surface area (Å²) in [6.45, 7) is 0.598. The maximum absolute atomic E-state index is 10.8. The van der Waals surface area contributed by atoms with Crippen molar-refractivity contribution in [2.75, 3.05) is 33.5 Å². The molecule has 35 heavy (non-hydrogen) atoms. The topological polar surface area (TPSA) is 109 Å². The quantitative estimate of drug-likeness (QED) is 0.196. The summed E-state index contributed by atoms with van der Waals surface area (Å²) in [7, 11) is 1.61. The van der Waals surface area contributed by atoms with Crippen molar-refractivity contribution >= 4 is 0 Å². The molecular formula is C28H50O7. The van der Waals surface area contributed by atoms with Gasteiger partial charge in [0, 0.05) is 26.9 Å². The standard InChI is InChI=1S/C28H50O7/c1-33-19-26(32)25-11-15-28(14-10-22(25)18-31,23-4-2-3-5-23)35-34-27(24-6-7-24)12-8-20(16-29)21(17-30)9-13-27/h20-26,29-32H,2-19H2,1H3/t20?,21?,22-,25?,26?,27?,28-/m0/s1. The summed E-state index contributed by atoms with van der Waals surface area (Å²) < 4.78 is 5.24. The van der Waals surface area contributed by atoms with Gasteiger partial charge in [-0.1, -0.05) is 12.8 Å². The molecule has 0 aromatic carbocycles. The fourth-order valence-electron chi connectivity index (χ4n) is 7.73. The number of rotatable bonds is 11. The van der Waals surface area contributed by atoms with Crippen molar-refractivity contribution < 1.29 is 34.9 Å². The van der Waals surface area contributed by atoms with Crippen molar-refractivity contribution in [2.45, 2.75) is 107 Å². The molecule has 4 aliphatic carbocycles. The highest BCUT2D eigenvalue weighted by atomic mass is 17.2. The molecule has 0 aromatic rings. The zero-order valence-electron chi connectivity index (χ0n) is 21.8. The van der Waals surface area contributed by atoms with Crippen LogP contribution in [0.25, 0.3) is 0 Å². The van der Waals surface area contributed by atoms with Gasteiger partial charge < -0.3 is 25.2 Å². The highest BCUT2D eigenvalue weighted by molar-refractivity contribution is 5.00. The summed E-state index contributed by atoms with van der Waals surface area (Å²) >= 11 is 0. The lowest BCUT2D eigenvalue weighted by atomic mass is 9.79. The molecule has 0 radical (unpaired) electrons. The van der Waals surface area contributed by atoms with Crippen LogP contribution in [-0.4, -0.2) is 71.3 Å². The van der Waals surface area contributed by atoms with E-state index in [4.69, 9.17) is 14.5 Å². The molecule has 0 saturated heterocycles. The number of hydrogen-bond acceptors (Lipinski definition) is 7. The van der Waals surface area contributed by atoms with Crippen LogP contribution in [0.5, 0.6) is 0 Å². The Hall–Kier alpha value is -0.280. The van der Waals surface area contributed by atoms with Gasteiger partial charge in [0.2, 0.25) is 0 Å². The summed E-state index contributed by atoms with van der Waals surface area (Å²) in [4.78, 5) is 13.4. The van der Waals surface area contributed by atoms with E-state index < -0.39 is 6.10 Å². The van der Waals surface area contributed by atoms with E-state index in [1.54, 1.807) is 7.11 Å². The van der Waals surface area contributed by atoms with Gasteiger partial charge in [0.25, 0.3) is 0 Å². The van der Waals surface area contributed by atoms with Crippen molar-refractivity contribution in [3.8, 4) is 0 Å². The average molecular weight is 499 g/mol. The fraction of sp³-hybridized carbons (Fsp3) is 1.00. The lowest BCUT2D eigenvalue weighted by Crippen LogP contribution is -2.45. The Bertz CT molecular complexity index is 621. The molecule has 0 spiro atoms. The van der Waals surface area contributed by atoms with Gasteiger partial charge in [-0.05, 0) is 113 Å². The van der Waals surface area contributed by atoms with Crippen LogP contribution in [0.15, 0.2) is 0 Å². The summed E-state index contributed by atoms with van der Waals surface area (Å²) in [6.07, 6.45) is 13.2. The second-order valence-electron chi connectivity index (χ2n) is 12.2. The van der Waals surface area contributed by atoms with Gasteiger partial charge >= 0.3 is 0 Å². The molecule has 0 heterocycles. The van der Waals surface area contributed by atoms with Gasteiger partial charge in [0.1, 0.15) is 11.2 Å². The smallest absolute Gasteiger partial charge is 0.106 e.